The summed E-state index contributed by atoms with van der Waals surface area (Å²) in [5, 5.41) is 3.47. The Bertz CT molecular complexity index is 622. The lowest BCUT2D eigenvalue weighted by atomic mass is 10.2. The van der Waals surface area contributed by atoms with E-state index in [1.165, 1.54) is 11.3 Å². The van der Waals surface area contributed by atoms with Crippen LogP contribution in [-0.2, 0) is 6.42 Å². The Hall–Kier alpha value is -1.39. The van der Waals surface area contributed by atoms with E-state index in [1.54, 1.807) is 12.1 Å². The molecule has 2 aromatic rings. The molecule has 0 aliphatic heterocycles. The van der Waals surface area contributed by atoms with Crippen LogP contribution in [0.15, 0.2) is 24.3 Å². The van der Waals surface area contributed by atoms with Crippen LogP contribution in [0.25, 0.3) is 0 Å². The number of hydrogen-bond acceptors (Lipinski definition) is 3. The standard InChI is InChI=1S/C15H17ClN2OS/c1-4-10-6-5-7-13(17-10)18-15(19)12-8-11(16)14(20-12)9(2)3/h5-9H,4H2,1-3H3,(H,17,18,19). The van der Waals surface area contributed by atoms with Crippen molar-refractivity contribution in [3.05, 3.63) is 44.7 Å². The van der Waals surface area contributed by atoms with Gasteiger partial charge in [0.25, 0.3) is 5.91 Å². The van der Waals surface area contributed by atoms with Crippen molar-refractivity contribution in [2.24, 2.45) is 0 Å². The summed E-state index contributed by atoms with van der Waals surface area (Å²) in [6.07, 6.45) is 0.839. The van der Waals surface area contributed by atoms with Gasteiger partial charge in [-0.2, -0.15) is 0 Å². The van der Waals surface area contributed by atoms with Crippen LogP contribution in [0.5, 0.6) is 0 Å². The number of hydrogen-bond donors (Lipinski definition) is 1. The predicted molar refractivity (Wildman–Crippen MR) is 85.0 cm³/mol. The van der Waals surface area contributed by atoms with Gasteiger partial charge in [-0.05, 0) is 30.5 Å². The third-order valence-electron chi connectivity index (χ3n) is 2.87. The number of aryl methyl sites for hydroxylation is 1. The topological polar surface area (TPSA) is 42.0 Å². The number of nitrogens with zero attached hydrogens (tertiary/aromatic N) is 1. The third kappa shape index (κ3) is 3.38. The number of thiophene rings is 1. The zero-order chi connectivity index (χ0) is 14.7. The van der Waals surface area contributed by atoms with Crippen LogP contribution < -0.4 is 5.32 Å². The minimum atomic E-state index is -0.162. The highest BCUT2D eigenvalue weighted by atomic mass is 35.5. The lowest BCUT2D eigenvalue weighted by molar-refractivity contribution is 0.103. The summed E-state index contributed by atoms with van der Waals surface area (Å²) >= 11 is 7.58. The lowest BCUT2D eigenvalue weighted by Gasteiger charge is -2.04. The Balaban J connectivity index is 2.17. The molecular weight excluding hydrogens is 292 g/mol. The van der Waals surface area contributed by atoms with Crippen molar-refractivity contribution in [1.82, 2.24) is 4.98 Å². The number of carbonyl (C=O) groups is 1. The van der Waals surface area contributed by atoms with E-state index < -0.39 is 0 Å². The first kappa shape index (κ1) is 15.0. The molecule has 106 valence electrons. The zero-order valence-corrected chi connectivity index (χ0v) is 13.3. The minimum absolute atomic E-state index is 0.162. The Labute approximate surface area is 128 Å². The van der Waals surface area contributed by atoms with Gasteiger partial charge in [-0.25, -0.2) is 4.98 Å². The van der Waals surface area contributed by atoms with Gasteiger partial charge < -0.3 is 5.32 Å². The summed E-state index contributed by atoms with van der Waals surface area (Å²) in [5.41, 5.74) is 0.954. The molecule has 0 aliphatic rings. The fraction of sp³-hybridized carbons (Fsp3) is 0.333. The van der Waals surface area contributed by atoms with Crippen molar-refractivity contribution in [2.45, 2.75) is 33.1 Å². The molecule has 0 saturated heterocycles. The van der Waals surface area contributed by atoms with Crippen LogP contribution >= 0.6 is 22.9 Å². The maximum absolute atomic E-state index is 12.2. The number of carbonyl (C=O) groups excluding carboxylic acids is 1. The highest BCUT2D eigenvalue weighted by molar-refractivity contribution is 7.14. The van der Waals surface area contributed by atoms with E-state index in [9.17, 15) is 4.79 Å². The van der Waals surface area contributed by atoms with Crippen molar-refractivity contribution in [3.8, 4) is 0 Å². The summed E-state index contributed by atoms with van der Waals surface area (Å²) in [7, 11) is 0. The van der Waals surface area contributed by atoms with E-state index in [0.29, 0.717) is 21.6 Å². The molecule has 0 fully saturated rings. The van der Waals surface area contributed by atoms with Gasteiger partial charge in [0.1, 0.15) is 5.82 Å². The molecule has 0 aliphatic carbocycles. The van der Waals surface area contributed by atoms with E-state index in [4.69, 9.17) is 11.6 Å². The number of rotatable bonds is 4. The first-order valence-corrected chi connectivity index (χ1v) is 7.77. The molecule has 2 aromatic heterocycles. The van der Waals surface area contributed by atoms with Gasteiger partial charge in [0.05, 0.1) is 9.90 Å². The molecule has 0 radical (unpaired) electrons. The molecular formula is C15H17ClN2OS. The summed E-state index contributed by atoms with van der Waals surface area (Å²) < 4.78 is 0. The van der Waals surface area contributed by atoms with Gasteiger partial charge >= 0.3 is 0 Å². The number of halogens is 1. The van der Waals surface area contributed by atoms with Crippen molar-refractivity contribution < 1.29 is 4.79 Å². The SMILES string of the molecule is CCc1cccc(NC(=O)c2cc(Cl)c(C(C)C)s2)n1. The van der Waals surface area contributed by atoms with Crippen LogP contribution in [0.4, 0.5) is 5.82 Å². The molecule has 5 heteroatoms. The monoisotopic (exact) mass is 308 g/mol. The molecule has 1 N–H and O–H groups in total. The van der Waals surface area contributed by atoms with E-state index in [0.717, 1.165) is 17.0 Å². The Kier molecular flexibility index (Phi) is 4.78. The number of anilines is 1. The van der Waals surface area contributed by atoms with E-state index in [2.05, 4.69) is 24.1 Å². The second-order valence-corrected chi connectivity index (χ2v) is 6.29. The molecule has 2 rings (SSSR count). The number of amides is 1. The Morgan fingerprint density at radius 2 is 2.20 bits per heavy atom. The van der Waals surface area contributed by atoms with Crippen LogP contribution in [0.3, 0.4) is 0 Å². The fourth-order valence-corrected chi connectivity index (χ4v) is 3.27. The molecule has 3 nitrogen and oxygen atoms in total. The normalized spacial score (nSPS) is 10.8. The molecule has 20 heavy (non-hydrogen) atoms. The Morgan fingerprint density at radius 1 is 1.45 bits per heavy atom. The van der Waals surface area contributed by atoms with Crippen LogP contribution in [-0.4, -0.2) is 10.9 Å². The summed E-state index contributed by atoms with van der Waals surface area (Å²) in [6.45, 7) is 6.15. The zero-order valence-electron chi connectivity index (χ0n) is 11.7. The maximum Gasteiger partial charge on any atom is 0.266 e. The average molecular weight is 309 g/mol. The van der Waals surface area contributed by atoms with Gasteiger partial charge in [0.15, 0.2) is 0 Å². The summed E-state index contributed by atoms with van der Waals surface area (Å²) in [6, 6.07) is 7.34. The lowest BCUT2D eigenvalue weighted by Crippen LogP contribution is -2.11. The van der Waals surface area contributed by atoms with Gasteiger partial charge in [-0.3, -0.25) is 4.79 Å². The molecule has 0 spiro atoms. The van der Waals surface area contributed by atoms with Crippen molar-refractivity contribution in [3.63, 3.8) is 0 Å². The molecule has 0 bridgehead atoms. The average Bonchev–Trinajstić information content (AvgIpc) is 2.81. The number of aromatic nitrogens is 1. The maximum atomic E-state index is 12.2. The van der Waals surface area contributed by atoms with Crippen LogP contribution in [0.1, 0.15) is 46.9 Å². The van der Waals surface area contributed by atoms with Gasteiger partial charge in [0, 0.05) is 10.6 Å². The molecule has 0 saturated carbocycles. The molecule has 1 amide bonds. The van der Waals surface area contributed by atoms with Crippen molar-refractivity contribution >= 4 is 34.7 Å². The predicted octanol–water partition coefficient (Wildman–Crippen LogP) is 4.73. The van der Waals surface area contributed by atoms with E-state index in [1.807, 2.05) is 19.1 Å². The van der Waals surface area contributed by atoms with Gasteiger partial charge in [-0.1, -0.05) is 38.4 Å². The van der Waals surface area contributed by atoms with E-state index in [-0.39, 0.29) is 5.91 Å². The minimum Gasteiger partial charge on any atom is -0.306 e. The number of nitrogens with one attached hydrogen (secondary N) is 1. The summed E-state index contributed by atoms with van der Waals surface area (Å²) in [4.78, 5) is 18.2. The molecule has 0 atom stereocenters. The fourth-order valence-electron chi connectivity index (χ4n) is 1.81. The first-order valence-electron chi connectivity index (χ1n) is 6.57. The highest BCUT2D eigenvalue weighted by Gasteiger charge is 2.16. The molecule has 0 aromatic carbocycles. The van der Waals surface area contributed by atoms with Gasteiger partial charge in [-0.15, -0.1) is 11.3 Å². The molecule has 0 unspecified atom stereocenters. The highest BCUT2D eigenvalue weighted by Crippen LogP contribution is 2.33. The largest absolute Gasteiger partial charge is 0.306 e. The second kappa shape index (κ2) is 6.37. The van der Waals surface area contributed by atoms with E-state index >= 15 is 0 Å². The molecule has 2 heterocycles. The summed E-state index contributed by atoms with van der Waals surface area (Å²) in [5.74, 6) is 0.727. The van der Waals surface area contributed by atoms with Crippen molar-refractivity contribution in [2.75, 3.05) is 5.32 Å². The van der Waals surface area contributed by atoms with Crippen LogP contribution in [0.2, 0.25) is 5.02 Å². The Morgan fingerprint density at radius 3 is 2.80 bits per heavy atom. The van der Waals surface area contributed by atoms with Crippen molar-refractivity contribution in [1.29, 1.82) is 0 Å². The smallest absolute Gasteiger partial charge is 0.266 e. The first-order chi connectivity index (χ1) is 9.51. The third-order valence-corrected chi connectivity index (χ3v) is 4.73. The number of pyridine rings is 1. The quantitative estimate of drug-likeness (QED) is 0.886. The second-order valence-electron chi connectivity index (χ2n) is 4.80. The van der Waals surface area contributed by atoms with Gasteiger partial charge in [0.2, 0.25) is 0 Å². The van der Waals surface area contributed by atoms with Crippen LogP contribution in [0, 0.1) is 0 Å².